The third-order valence-electron chi connectivity index (χ3n) is 3.03. The van der Waals surface area contributed by atoms with E-state index < -0.39 is 11.7 Å². The van der Waals surface area contributed by atoms with Gasteiger partial charge in [0.2, 0.25) is 0 Å². The molecule has 0 fully saturated rings. The van der Waals surface area contributed by atoms with Crippen molar-refractivity contribution in [2.24, 2.45) is 5.73 Å². The Hall–Kier alpha value is -2.76. The van der Waals surface area contributed by atoms with Crippen molar-refractivity contribution >= 4 is 17.3 Å². The van der Waals surface area contributed by atoms with Crippen LogP contribution in [0.2, 0.25) is 0 Å². The molecule has 2 aromatic carbocycles. The first kappa shape index (κ1) is 14.6. The van der Waals surface area contributed by atoms with Gasteiger partial charge >= 0.3 is 0 Å². The standard InChI is InChI=1S/C15H16FN3O2/c1-21-13-6-5-10(17)7-9(13)8-19-12-4-2-3-11(16)14(12)15(18)20/h2-7,19H,8,17H2,1H3,(H2,18,20). The van der Waals surface area contributed by atoms with Crippen LogP contribution < -0.4 is 21.5 Å². The molecule has 21 heavy (non-hydrogen) atoms. The maximum Gasteiger partial charge on any atom is 0.253 e. The second kappa shape index (κ2) is 6.13. The number of ether oxygens (including phenoxy) is 1. The van der Waals surface area contributed by atoms with E-state index in [0.29, 0.717) is 23.7 Å². The summed E-state index contributed by atoms with van der Waals surface area (Å²) in [6.45, 7) is 0.317. The summed E-state index contributed by atoms with van der Waals surface area (Å²) in [4.78, 5) is 11.3. The summed E-state index contributed by atoms with van der Waals surface area (Å²) in [5.41, 5.74) is 12.5. The lowest BCUT2D eigenvalue weighted by Gasteiger charge is -2.13. The van der Waals surface area contributed by atoms with Gasteiger partial charge in [0.25, 0.3) is 5.91 Å². The van der Waals surface area contributed by atoms with E-state index in [2.05, 4.69) is 5.32 Å². The van der Waals surface area contributed by atoms with Gasteiger partial charge in [-0.1, -0.05) is 6.07 Å². The van der Waals surface area contributed by atoms with E-state index in [1.165, 1.54) is 12.1 Å². The first-order valence-electron chi connectivity index (χ1n) is 6.27. The predicted octanol–water partition coefficient (Wildman–Crippen LogP) is 2.13. The number of carbonyl (C=O) groups is 1. The summed E-state index contributed by atoms with van der Waals surface area (Å²) in [6, 6.07) is 9.48. The number of primary amides is 1. The lowest BCUT2D eigenvalue weighted by molar-refractivity contribution is 0.0997. The Morgan fingerprint density at radius 1 is 1.33 bits per heavy atom. The highest BCUT2D eigenvalue weighted by Gasteiger charge is 2.14. The summed E-state index contributed by atoms with van der Waals surface area (Å²) in [7, 11) is 1.55. The van der Waals surface area contributed by atoms with E-state index in [-0.39, 0.29) is 5.56 Å². The molecule has 0 aliphatic heterocycles. The highest BCUT2D eigenvalue weighted by Crippen LogP contribution is 2.24. The number of anilines is 2. The Balaban J connectivity index is 2.27. The van der Waals surface area contributed by atoms with Crippen molar-refractivity contribution in [3.63, 3.8) is 0 Å². The number of nitrogens with two attached hydrogens (primary N) is 2. The van der Waals surface area contributed by atoms with Crippen molar-refractivity contribution in [3.8, 4) is 5.75 Å². The van der Waals surface area contributed by atoms with Gasteiger partial charge in [-0.05, 0) is 30.3 Å². The zero-order chi connectivity index (χ0) is 15.4. The third-order valence-corrected chi connectivity index (χ3v) is 3.03. The molecule has 6 heteroatoms. The van der Waals surface area contributed by atoms with Crippen LogP contribution in [0.5, 0.6) is 5.75 Å². The summed E-state index contributed by atoms with van der Waals surface area (Å²) in [6.07, 6.45) is 0. The minimum atomic E-state index is -0.824. The molecule has 0 unspecified atom stereocenters. The number of methoxy groups -OCH3 is 1. The number of rotatable bonds is 5. The summed E-state index contributed by atoms with van der Waals surface area (Å²) < 4.78 is 18.9. The highest BCUT2D eigenvalue weighted by molar-refractivity contribution is 5.98. The second-order valence-corrected chi connectivity index (χ2v) is 4.45. The number of hydrogen-bond acceptors (Lipinski definition) is 4. The van der Waals surface area contributed by atoms with Crippen LogP contribution in [0.15, 0.2) is 36.4 Å². The fourth-order valence-corrected chi connectivity index (χ4v) is 2.05. The molecular weight excluding hydrogens is 273 g/mol. The number of nitrogen functional groups attached to an aromatic ring is 1. The molecule has 2 aromatic rings. The van der Waals surface area contributed by atoms with Gasteiger partial charge < -0.3 is 21.5 Å². The molecule has 5 N–H and O–H groups in total. The molecule has 0 aliphatic rings. The molecule has 2 rings (SSSR count). The van der Waals surface area contributed by atoms with Crippen LogP contribution in [0.4, 0.5) is 15.8 Å². The molecule has 0 radical (unpaired) electrons. The number of halogens is 1. The van der Waals surface area contributed by atoms with E-state index in [4.69, 9.17) is 16.2 Å². The Kier molecular flexibility index (Phi) is 4.27. The van der Waals surface area contributed by atoms with Gasteiger partial charge in [0.1, 0.15) is 11.6 Å². The van der Waals surface area contributed by atoms with Crippen LogP contribution in [0, 0.1) is 5.82 Å². The number of nitrogens with one attached hydrogen (secondary N) is 1. The van der Waals surface area contributed by atoms with E-state index in [9.17, 15) is 9.18 Å². The largest absolute Gasteiger partial charge is 0.496 e. The van der Waals surface area contributed by atoms with E-state index in [1.807, 2.05) is 0 Å². The van der Waals surface area contributed by atoms with Gasteiger partial charge in [-0.25, -0.2) is 4.39 Å². The number of hydrogen-bond donors (Lipinski definition) is 3. The Morgan fingerprint density at radius 3 is 2.76 bits per heavy atom. The maximum absolute atomic E-state index is 13.7. The molecule has 0 atom stereocenters. The number of carbonyl (C=O) groups excluding carboxylic acids is 1. The van der Waals surface area contributed by atoms with Crippen molar-refractivity contribution < 1.29 is 13.9 Å². The van der Waals surface area contributed by atoms with Crippen molar-refractivity contribution in [2.75, 3.05) is 18.2 Å². The molecule has 110 valence electrons. The van der Waals surface area contributed by atoms with E-state index in [0.717, 1.165) is 5.56 Å². The molecule has 0 heterocycles. The molecular formula is C15H16FN3O2. The van der Waals surface area contributed by atoms with Gasteiger partial charge in [-0.2, -0.15) is 0 Å². The van der Waals surface area contributed by atoms with Gasteiger partial charge in [-0.3, -0.25) is 4.79 Å². The molecule has 0 saturated carbocycles. The fraction of sp³-hybridized carbons (Fsp3) is 0.133. The molecule has 0 saturated heterocycles. The molecule has 1 amide bonds. The SMILES string of the molecule is COc1ccc(N)cc1CNc1cccc(F)c1C(N)=O. The summed E-state index contributed by atoms with van der Waals surface area (Å²) in [5.74, 6) is -0.837. The average Bonchev–Trinajstić information content (AvgIpc) is 2.44. The van der Waals surface area contributed by atoms with E-state index in [1.54, 1.807) is 31.4 Å². The first-order chi connectivity index (χ1) is 10.0. The topological polar surface area (TPSA) is 90.4 Å². The smallest absolute Gasteiger partial charge is 0.253 e. The lowest BCUT2D eigenvalue weighted by atomic mass is 10.1. The first-order valence-corrected chi connectivity index (χ1v) is 6.27. The van der Waals surface area contributed by atoms with Crippen molar-refractivity contribution in [2.45, 2.75) is 6.54 Å². The molecule has 0 aromatic heterocycles. The Bertz CT molecular complexity index is 674. The van der Waals surface area contributed by atoms with Crippen LogP contribution in [-0.2, 0) is 6.54 Å². The summed E-state index contributed by atoms with van der Waals surface area (Å²) >= 11 is 0. The van der Waals surface area contributed by atoms with Crippen molar-refractivity contribution in [3.05, 3.63) is 53.3 Å². The van der Waals surface area contributed by atoms with Gasteiger partial charge in [-0.15, -0.1) is 0 Å². The number of amides is 1. The zero-order valence-corrected chi connectivity index (χ0v) is 11.5. The molecule has 0 aliphatic carbocycles. The van der Waals surface area contributed by atoms with Crippen molar-refractivity contribution in [1.29, 1.82) is 0 Å². The highest BCUT2D eigenvalue weighted by atomic mass is 19.1. The predicted molar refractivity (Wildman–Crippen MR) is 79.7 cm³/mol. The van der Waals surface area contributed by atoms with Crippen LogP contribution in [-0.4, -0.2) is 13.0 Å². The molecule has 0 bridgehead atoms. The lowest BCUT2D eigenvalue weighted by Crippen LogP contribution is -2.16. The normalized spacial score (nSPS) is 10.2. The Labute approximate surface area is 121 Å². The second-order valence-electron chi connectivity index (χ2n) is 4.45. The van der Waals surface area contributed by atoms with Crippen LogP contribution in [0.3, 0.4) is 0 Å². The zero-order valence-electron chi connectivity index (χ0n) is 11.5. The Morgan fingerprint density at radius 2 is 2.10 bits per heavy atom. The van der Waals surface area contributed by atoms with Crippen molar-refractivity contribution in [1.82, 2.24) is 0 Å². The van der Waals surface area contributed by atoms with Crippen LogP contribution in [0.1, 0.15) is 15.9 Å². The maximum atomic E-state index is 13.7. The minimum absolute atomic E-state index is 0.166. The van der Waals surface area contributed by atoms with Gasteiger partial charge in [0, 0.05) is 17.8 Å². The average molecular weight is 289 g/mol. The minimum Gasteiger partial charge on any atom is -0.496 e. The van der Waals surface area contributed by atoms with Gasteiger partial charge in [0.15, 0.2) is 0 Å². The monoisotopic (exact) mass is 289 g/mol. The fourth-order valence-electron chi connectivity index (χ4n) is 2.05. The molecule has 0 spiro atoms. The van der Waals surface area contributed by atoms with E-state index >= 15 is 0 Å². The van der Waals surface area contributed by atoms with Crippen LogP contribution in [0.25, 0.3) is 0 Å². The molecule has 5 nitrogen and oxygen atoms in total. The summed E-state index contributed by atoms with van der Waals surface area (Å²) in [5, 5.41) is 2.98. The third kappa shape index (κ3) is 3.22. The van der Waals surface area contributed by atoms with Crippen LogP contribution >= 0.6 is 0 Å². The van der Waals surface area contributed by atoms with Gasteiger partial charge in [0.05, 0.1) is 18.4 Å². The number of benzene rings is 2. The quantitative estimate of drug-likeness (QED) is 0.735.